The van der Waals surface area contributed by atoms with Gasteiger partial charge in [-0.1, -0.05) is 74.5 Å². The summed E-state index contributed by atoms with van der Waals surface area (Å²) in [6.07, 6.45) is -0.276. The third-order valence-electron chi connectivity index (χ3n) is 10.2. The van der Waals surface area contributed by atoms with Crippen LogP contribution in [-0.2, 0) is 60.8 Å². The van der Waals surface area contributed by atoms with Crippen LogP contribution in [-0.4, -0.2) is 138 Å². The van der Waals surface area contributed by atoms with E-state index in [1.807, 2.05) is 0 Å². The van der Waals surface area contributed by atoms with Crippen molar-refractivity contribution in [1.82, 2.24) is 47.9 Å². The van der Waals surface area contributed by atoms with E-state index in [1.54, 1.807) is 74.5 Å². The number of aliphatic hydroxyl groups is 1. The molecule has 2 aromatic rings. The molecule has 1 saturated heterocycles. The van der Waals surface area contributed by atoms with Crippen LogP contribution in [0.25, 0.3) is 0 Å². The van der Waals surface area contributed by atoms with Gasteiger partial charge in [-0.05, 0) is 56.2 Å². The number of benzene rings is 2. The van der Waals surface area contributed by atoms with Crippen LogP contribution in [0.5, 0.6) is 0 Å². The van der Waals surface area contributed by atoms with E-state index in [4.69, 9.17) is 5.73 Å². The molecule has 0 radical (unpaired) electrons. The molecule has 13 N–H and O–H groups in total. The van der Waals surface area contributed by atoms with Crippen molar-refractivity contribution in [3.63, 3.8) is 0 Å². The summed E-state index contributed by atoms with van der Waals surface area (Å²) in [7, 11) is 0. The summed E-state index contributed by atoms with van der Waals surface area (Å²) < 4.78 is 0. The number of carboxylic acids is 1. The Morgan fingerprint density at radius 3 is 1.59 bits per heavy atom. The first-order valence-corrected chi connectivity index (χ1v) is 21.7. The molecule has 1 fully saturated rings. The predicted octanol–water partition coefficient (Wildman–Crippen LogP) is -3.23. The molecule has 9 amide bonds. The summed E-state index contributed by atoms with van der Waals surface area (Å²) in [6, 6.07) is 7.06. The highest BCUT2D eigenvalue weighted by Crippen LogP contribution is 2.10. The molecule has 0 unspecified atom stereocenters. The average Bonchev–Trinajstić information content (AvgIpc) is 3.27. The summed E-state index contributed by atoms with van der Waals surface area (Å²) in [6.45, 7) is 2.63. The number of hydrogen-bond acceptors (Lipinski definition) is 12. The van der Waals surface area contributed by atoms with Gasteiger partial charge < -0.3 is 63.8 Å². The fourth-order valence-electron chi connectivity index (χ4n) is 6.70. The molecule has 3 rings (SSSR count). The Balaban J connectivity index is 2.04. The van der Waals surface area contributed by atoms with E-state index >= 15 is 0 Å². The molecule has 0 spiro atoms. The number of unbranched alkanes of at least 4 members (excludes halogenated alkanes) is 1. The fraction of sp³-hybridized carbons (Fsp3) is 0.500. The lowest BCUT2D eigenvalue weighted by atomic mass is 10.0. The number of nitrogens with one attached hydrogen (secondary N) is 9. The van der Waals surface area contributed by atoms with Gasteiger partial charge in [0.15, 0.2) is 0 Å². The third kappa shape index (κ3) is 18.6. The quantitative estimate of drug-likeness (QED) is 0.0881. The van der Waals surface area contributed by atoms with Crippen LogP contribution in [0.2, 0.25) is 0 Å². The third-order valence-corrected chi connectivity index (χ3v) is 10.2. The Hall–Kier alpha value is -6.94. The van der Waals surface area contributed by atoms with Crippen molar-refractivity contribution in [3.8, 4) is 0 Å². The molecule has 22 nitrogen and oxygen atoms in total. The van der Waals surface area contributed by atoms with Gasteiger partial charge in [0.05, 0.1) is 26.1 Å². The number of amides is 9. The number of carboxylic acid groups (broad SMARTS) is 1. The van der Waals surface area contributed by atoms with E-state index in [-0.39, 0.29) is 38.1 Å². The summed E-state index contributed by atoms with van der Waals surface area (Å²) in [5, 5.41) is 41.8. The number of nitrogens with two attached hydrogens (primary N) is 1. The van der Waals surface area contributed by atoms with E-state index in [0.29, 0.717) is 24.0 Å². The van der Waals surface area contributed by atoms with Crippen LogP contribution >= 0.6 is 0 Å². The minimum Gasteiger partial charge on any atom is -0.481 e. The number of carbonyl (C=O) groups is 10. The second kappa shape index (κ2) is 27.4. The molecule has 1 aliphatic heterocycles. The second-order valence-electron chi connectivity index (χ2n) is 16.2. The summed E-state index contributed by atoms with van der Waals surface area (Å²) in [4.78, 5) is 133. The van der Waals surface area contributed by atoms with Crippen molar-refractivity contribution < 1.29 is 58.2 Å². The van der Waals surface area contributed by atoms with Gasteiger partial charge in [-0.15, -0.1) is 0 Å². The zero-order chi connectivity index (χ0) is 48.8. The van der Waals surface area contributed by atoms with Crippen LogP contribution < -0.4 is 53.6 Å². The van der Waals surface area contributed by atoms with Crippen LogP contribution in [0.15, 0.2) is 60.7 Å². The maximum atomic E-state index is 14.2. The second-order valence-corrected chi connectivity index (χ2v) is 16.2. The van der Waals surface area contributed by atoms with Gasteiger partial charge in [0.2, 0.25) is 53.2 Å². The zero-order valence-electron chi connectivity index (χ0n) is 37.2. The van der Waals surface area contributed by atoms with E-state index in [0.717, 1.165) is 0 Å². The molecule has 22 heteroatoms. The fourth-order valence-corrected chi connectivity index (χ4v) is 6.70. The first-order valence-electron chi connectivity index (χ1n) is 21.7. The lowest BCUT2D eigenvalue weighted by molar-refractivity contribution is -0.141. The van der Waals surface area contributed by atoms with Crippen LogP contribution in [0, 0.1) is 5.92 Å². The summed E-state index contributed by atoms with van der Waals surface area (Å²) >= 11 is 0. The molecule has 0 aromatic heterocycles. The molecule has 1 aliphatic rings. The predicted molar refractivity (Wildman–Crippen MR) is 237 cm³/mol. The van der Waals surface area contributed by atoms with Gasteiger partial charge >= 0.3 is 5.97 Å². The average molecular weight is 923 g/mol. The van der Waals surface area contributed by atoms with Crippen LogP contribution in [0.3, 0.4) is 0 Å². The van der Waals surface area contributed by atoms with Crippen LogP contribution in [0.4, 0.5) is 0 Å². The monoisotopic (exact) mass is 922 g/mol. The summed E-state index contributed by atoms with van der Waals surface area (Å²) in [5.74, 6) is -9.89. The Kier molecular flexibility index (Phi) is 22.2. The number of rotatable bonds is 13. The highest BCUT2D eigenvalue weighted by Gasteiger charge is 2.34. The van der Waals surface area contributed by atoms with Crippen molar-refractivity contribution in [1.29, 1.82) is 0 Å². The van der Waals surface area contributed by atoms with Crippen molar-refractivity contribution in [2.75, 3.05) is 26.2 Å². The Morgan fingerprint density at radius 1 is 0.576 bits per heavy atom. The highest BCUT2D eigenvalue weighted by molar-refractivity contribution is 5.99. The Morgan fingerprint density at radius 2 is 1.05 bits per heavy atom. The smallest absolute Gasteiger partial charge is 0.305 e. The summed E-state index contributed by atoms with van der Waals surface area (Å²) in [5.41, 5.74) is 6.95. The molecule has 7 atom stereocenters. The van der Waals surface area contributed by atoms with Gasteiger partial charge in [0, 0.05) is 12.8 Å². The molecule has 0 saturated carbocycles. The first-order chi connectivity index (χ1) is 31.4. The maximum absolute atomic E-state index is 14.2. The van der Waals surface area contributed by atoms with E-state index in [9.17, 15) is 58.2 Å². The van der Waals surface area contributed by atoms with Gasteiger partial charge in [0.1, 0.15) is 42.3 Å². The van der Waals surface area contributed by atoms with E-state index in [1.165, 1.54) is 6.92 Å². The largest absolute Gasteiger partial charge is 0.481 e. The van der Waals surface area contributed by atoms with Crippen molar-refractivity contribution in [3.05, 3.63) is 71.8 Å². The van der Waals surface area contributed by atoms with Crippen molar-refractivity contribution in [2.24, 2.45) is 11.7 Å². The number of aliphatic carboxylic acids is 1. The Labute approximate surface area is 382 Å². The molecule has 66 heavy (non-hydrogen) atoms. The lowest BCUT2D eigenvalue weighted by Gasteiger charge is -2.27. The lowest BCUT2D eigenvalue weighted by Crippen LogP contribution is -2.60. The molecule has 0 bridgehead atoms. The van der Waals surface area contributed by atoms with Gasteiger partial charge in [-0.3, -0.25) is 47.9 Å². The highest BCUT2D eigenvalue weighted by atomic mass is 16.4. The molecular formula is C44H62N10O12. The number of carbonyl (C=O) groups excluding carboxylic acids is 9. The standard InChI is InChI=1S/C44H62N10O12/c1-25(2)18-30-39(61)47-22-35(56)46-23-36(57)49-31(19-27-12-6-4-7-13-27)41(63)53-32(20-28-14-8-5-9-15-28)42(64)50-29(16-10-11-17-45)40(62)54-34(24-55)44(66)48-26(3)38(60)51-33(21-37(58)59)43(65)52-30/h4-9,12-15,25-26,29-34,55H,10-11,16-24,45H2,1-3H3,(H,46,56)(H,47,61)(H,48,66)(H,49,57)(H,50,64)(H,51,60)(H,52,65)(H,53,63)(H,54,62)(H,58,59)/t26-,29-,30-,31-,32-,33-,34-/m0/s1. The first kappa shape index (κ1) is 53.4. The molecule has 360 valence electrons. The van der Waals surface area contributed by atoms with Gasteiger partial charge in [-0.2, -0.15) is 0 Å². The minimum atomic E-state index is -1.76. The Bertz CT molecular complexity index is 2010. The zero-order valence-corrected chi connectivity index (χ0v) is 37.2. The maximum Gasteiger partial charge on any atom is 0.305 e. The van der Waals surface area contributed by atoms with Gasteiger partial charge in [0.25, 0.3) is 0 Å². The number of hydrogen-bond donors (Lipinski definition) is 12. The topological polar surface area (TPSA) is 345 Å². The molecular weight excluding hydrogens is 861 g/mol. The number of aliphatic hydroxyl groups excluding tert-OH is 1. The normalized spacial score (nSPS) is 23.9. The minimum absolute atomic E-state index is 0.00390. The molecule has 1 heterocycles. The van der Waals surface area contributed by atoms with Crippen molar-refractivity contribution >= 4 is 59.1 Å². The van der Waals surface area contributed by atoms with Gasteiger partial charge in [-0.25, -0.2) is 0 Å². The van der Waals surface area contributed by atoms with E-state index < -0.39 is 128 Å². The van der Waals surface area contributed by atoms with E-state index in [2.05, 4.69) is 47.9 Å². The molecule has 2 aromatic carbocycles. The molecule has 0 aliphatic carbocycles. The van der Waals surface area contributed by atoms with Crippen molar-refractivity contribution in [2.45, 2.75) is 108 Å². The SMILES string of the molecule is CC(C)C[C@@H]1NC(=O)[C@H](CC(=O)O)NC(=O)[C@H](C)NC(=O)[C@H](CO)NC(=O)[C@H](CCCCN)NC(=O)[C@H](Cc2ccccc2)NC(=O)[C@H](Cc2ccccc2)NC(=O)CNC(=O)CNC1=O. The van der Waals surface area contributed by atoms with Crippen LogP contribution in [0.1, 0.15) is 64.0 Å².